The lowest BCUT2D eigenvalue weighted by Gasteiger charge is -2.23. The van der Waals surface area contributed by atoms with Gasteiger partial charge in [-0.15, -0.1) is 0 Å². The summed E-state index contributed by atoms with van der Waals surface area (Å²) in [5.74, 6) is 0.714. The first-order chi connectivity index (χ1) is 17.5. The zero-order chi connectivity index (χ0) is 25.1. The van der Waals surface area contributed by atoms with E-state index in [1.54, 1.807) is 0 Å². The van der Waals surface area contributed by atoms with E-state index in [0.29, 0.717) is 25.1 Å². The van der Waals surface area contributed by atoms with Crippen molar-refractivity contribution in [2.24, 2.45) is 0 Å². The van der Waals surface area contributed by atoms with Crippen molar-refractivity contribution in [3.63, 3.8) is 0 Å². The Kier molecular flexibility index (Phi) is 6.71. The largest absolute Gasteiger partial charge is 0.445 e. The van der Waals surface area contributed by atoms with Crippen molar-refractivity contribution in [2.45, 2.75) is 45.8 Å². The molecule has 5 rings (SSSR count). The van der Waals surface area contributed by atoms with Crippen LogP contribution in [-0.4, -0.2) is 39.5 Å². The summed E-state index contributed by atoms with van der Waals surface area (Å²) in [6.45, 7) is 4.89. The topological polar surface area (TPSA) is 87.3 Å². The lowest BCUT2D eigenvalue weighted by Crippen LogP contribution is -2.43. The number of carbonyl (C=O) groups is 2. The van der Waals surface area contributed by atoms with E-state index in [2.05, 4.69) is 36.3 Å². The molecule has 0 unspecified atom stereocenters. The number of amides is 2. The van der Waals surface area contributed by atoms with Gasteiger partial charge in [-0.05, 0) is 67.1 Å². The van der Waals surface area contributed by atoms with Gasteiger partial charge < -0.3 is 15.0 Å². The summed E-state index contributed by atoms with van der Waals surface area (Å²) in [6, 6.07) is 20.9. The third-order valence-electron chi connectivity index (χ3n) is 6.82. The van der Waals surface area contributed by atoms with Crippen LogP contribution in [0, 0.1) is 13.8 Å². The molecule has 7 nitrogen and oxygen atoms in total. The summed E-state index contributed by atoms with van der Waals surface area (Å²) in [5, 5.41) is 2.96. The minimum absolute atomic E-state index is 0.191. The third kappa shape index (κ3) is 5.10. The molecule has 2 heterocycles. The van der Waals surface area contributed by atoms with E-state index >= 15 is 0 Å². The first kappa shape index (κ1) is 23.6. The lowest BCUT2D eigenvalue weighted by atomic mass is 10.1. The van der Waals surface area contributed by atoms with Crippen molar-refractivity contribution in [2.75, 3.05) is 11.9 Å². The number of imidazole rings is 1. The Morgan fingerprint density at radius 1 is 1.03 bits per heavy atom. The number of benzene rings is 3. The molecule has 184 valence electrons. The van der Waals surface area contributed by atoms with Gasteiger partial charge in [0.1, 0.15) is 18.5 Å². The molecule has 0 bridgehead atoms. The number of ether oxygens (including phenoxy) is 1. The molecule has 1 atom stereocenters. The number of carbonyl (C=O) groups excluding carboxylic acids is 2. The average molecular weight is 483 g/mol. The number of fused-ring (bicyclic) bond motifs is 1. The molecule has 0 aliphatic carbocycles. The number of aromatic nitrogens is 2. The third-order valence-corrected chi connectivity index (χ3v) is 6.82. The van der Waals surface area contributed by atoms with Gasteiger partial charge in [-0.25, -0.2) is 9.78 Å². The monoisotopic (exact) mass is 482 g/mol. The number of hydrogen-bond donors (Lipinski definition) is 2. The Morgan fingerprint density at radius 3 is 2.58 bits per heavy atom. The van der Waals surface area contributed by atoms with E-state index < -0.39 is 12.1 Å². The van der Waals surface area contributed by atoms with Crippen LogP contribution < -0.4 is 5.32 Å². The smallest absolute Gasteiger partial charge is 0.410 e. The predicted molar refractivity (Wildman–Crippen MR) is 140 cm³/mol. The number of hydrogen-bond acceptors (Lipinski definition) is 4. The summed E-state index contributed by atoms with van der Waals surface area (Å²) in [6.07, 6.45) is 1.61. The van der Waals surface area contributed by atoms with Crippen molar-refractivity contribution < 1.29 is 14.3 Å². The van der Waals surface area contributed by atoms with Crippen LogP contribution in [0.15, 0.2) is 66.7 Å². The minimum Gasteiger partial charge on any atom is -0.445 e. The predicted octanol–water partition coefficient (Wildman–Crippen LogP) is 5.51. The van der Waals surface area contributed by atoms with Crippen molar-refractivity contribution in [3.8, 4) is 0 Å². The molecule has 36 heavy (non-hydrogen) atoms. The molecular weight excluding hydrogens is 452 g/mol. The van der Waals surface area contributed by atoms with Gasteiger partial charge in [0.25, 0.3) is 0 Å². The molecule has 4 aromatic rings. The highest BCUT2D eigenvalue weighted by molar-refractivity contribution is 5.96. The van der Waals surface area contributed by atoms with E-state index in [4.69, 9.17) is 9.72 Å². The van der Waals surface area contributed by atoms with Crippen molar-refractivity contribution in [1.29, 1.82) is 0 Å². The summed E-state index contributed by atoms with van der Waals surface area (Å²) in [5.41, 5.74) is 7.18. The van der Waals surface area contributed by atoms with Crippen LogP contribution in [0.3, 0.4) is 0 Å². The van der Waals surface area contributed by atoms with Crippen LogP contribution in [0.5, 0.6) is 0 Å². The van der Waals surface area contributed by atoms with E-state index in [0.717, 1.165) is 34.4 Å². The number of H-pyrrole nitrogens is 1. The molecule has 0 radical (unpaired) electrons. The first-order valence-electron chi connectivity index (χ1n) is 12.3. The maximum atomic E-state index is 13.0. The van der Waals surface area contributed by atoms with Crippen molar-refractivity contribution in [1.82, 2.24) is 14.9 Å². The summed E-state index contributed by atoms with van der Waals surface area (Å²) >= 11 is 0. The number of rotatable bonds is 6. The molecule has 1 fully saturated rings. The number of aromatic amines is 1. The zero-order valence-corrected chi connectivity index (χ0v) is 20.6. The van der Waals surface area contributed by atoms with Crippen LogP contribution >= 0.6 is 0 Å². The first-order valence-corrected chi connectivity index (χ1v) is 12.3. The molecule has 0 spiro atoms. The van der Waals surface area contributed by atoms with Crippen LogP contribution in [0.4, 0.5) is 10.5 Å². The minimum atomic E-state index is -0.532. The van der Waals surface area contributed by atoms with Gasteiger partial charge >= 0.3 is 6.09 Å². The van der Waals surface area contributed by atoms with Gasteiger partial charge in [0.15, 0.2) is 0 Å². The number of anilines is 1. The van der Waals surface area contributed by atoms with Crippen molar-refractivity contribution >= 4 is 28.7 Å². The molecule has 2 N–H and O–H groups in total. The van der Waals surface area contributed by atoms with Crippen LogP contribution in [0.25, 0.3) is 11.0 Å². The van der Waals surface area contributed by atoms with Gasteiger partial charge in [0.2, 0.25) is 5.91 Å². The Balaban J connectivity index is 1.18. The highest BCUT2D eigenvalue weighted by Crippen LogP contribution is 2.23. The second-order valence-electron chi connectivity index (χ2n) is 9.34. The Labute approximate surface area is 210 Å². The molecule has 3 aromatic carbocycles. The van der Waals surface area contributed by atoms with Crippen LogP contribution in [0.1, 0.15) is 40.9 Å². The maximum absolute atomic E-state index is 13.0. The van der Waals surface area contributed by atoms with Crippen LogP contribution in [0.2, 0.25) is 0 Å². The molecule has 1 aliphatic rings. The molecular formula is C29H30N4O3. The van der Waals surface area contributed by atoms with E-state index in [9.17, 15) is 9.59 Å². The van der Waals surface area contributed by atoms with Crippen molar-refractivity contribution in [3.05, 3.63) is 94.8 Å². The Morgan fingerprint density at radius 2 is 1.81 bits per heavy atom. The fourth-order valence-electron chi connectivity index (χ4n) is 4.63. The molecule has 1 saturated heterocycles. The van der Waals surface area contributed by atoms with Gasteiger partial charge in [0, 0.05) is 18.7 Å². The fraction of sp³-hybridized carbons (Fsp3) is 0.276. The van der Waals surface area contributed by atoms with Gasteiger partial charge in [0.05, 0.1) is 11.0 Å². The van der Waals surface area contributed by atoms with E-state index in [1.807, 2.05) is 54.6 Å². The molecule has 7 heteroatoms. The normalized spacial score (nSPS) is 15.3. The second-order valence-corrected chi connectivity index (χ2v) is 9.34. The molecule has 0 saturated carbocycles. The quantitative estimate of drug-likeness (QED) is 0.379. The van der Waals surface area contributed by atoms with Gasteiger partial charge in [-0.1, -0.05) is 48.5 Å². The molecule has 1 aromatic heterocycles. The number of likely N-dealkylation sites (tertiary alicyclic amines) is 1. The van der Waals surface area contributed by atoms with E-state index in [-0.39, 0.29) is 12.5 Å². The SMILES string of the molecule is Cc1ccc2[nH]c(Cc3ccc(NC(=O)[C@@H]4CCCN4C(=O)OCc4ccccc4)cc3)nc2c1C. The Hall–Kier alpha value is -4.13. The molecule has 1 aliphatic heterocycles. The average Bonchev–Trinajstić information content (AvgIpc) is 3.54. The summed E-state index contributed by atoms with van der Waals surface area (Å²) in [7, 11) is 0. The second kappa shape index (κ2) is 10.2. The highest BCUT2D eigenvalue weighted by atomic mass is 16.6. The van der Waals surface area contributed by atoms with Crippen LogP contribution in [-0.2, 0) is 22.6 Å². The standard InChI is InChI=1S/C29H30N4O3/c1-19-10-15-24-27(20(19)2)32-26(31-24)17-21-11-13-23(14-12-21)30-28(34)25-9-6-16-33(25)29(35)36-18-22-7-4-3-5-8-22/h3-5,7-8,10-15,25H,6,9,16-18H2,1-2H3,(H,30,34)(H,31,32)/t25-/m0/s1. The zero-order valence-electron chi connectivity index (χ0n) is 20.6. The highest BCUT2D eigenvalue weighted by Gasteiger charge is 2.35. The number of nitrogens with zero attached hydrogens (tertiary/aromatic N) is 2. The number of nitrogens with one attached hydrogen (secondary N) is 2. The lowest BCUT2D eigenvalue weighted by molar-refractivity contribution is -0.120. The van der Waals surface area contributed by atoms with Gasteiger partial charge in [-0.3, -0.25) is 9.69 Å². The maximum Gasteiger partial charge on any atom is 0.410 e. The Bertz CT molecular complexity index is 1380. The molecule has 2 amide bonds. The summed E-state index contributed by atoms with van der Waals surface area (Å²) < 4.78 is 5.45. The number of aryl methyl sites for hydroxylation is 2. The fourth-order valence-corrected chi connectivity index (χ4v) is 4.63. The van der Waals surface area contributed by atoms with Gasteiger partial charge in [-0.2, -0.15) is 0 Å². The summed E-state index contributed by atoms with van der Waals surface area (Å²) in [4.78, 5) is 35.3. The van der Waals surface area contributed by atoms with E-state index in [1.165, 1.54) is 16.0 Å².